The molecule has 10 atom stereocenters. The zero-order chi connectivity index (χ0) is 22.7. The normalized spacial score (nSPS) is 46.6. The van der Waals surface area contributed by atoms with Crippen molar-refractivity contribution in [2.45, 2.75) is 99.0 Å². The van der Waals surface area contributed by atoms with Crippen molar-refractivity contribution in [2.75, 3.05) is 0 Å². The average molecular weight is 436 g/mol. The van der Waals surface area contributed by atoms with E-state index in [0.717, 1.165) is 48.0 Å². The van der Waals surface area contributed by atoms with Gasteiger partial charge >= 0.3 is 0 Å². The summed E-state index contributed by atoms with van der Waals surface area (Å²) < 4.78 is 2.02. The first-order valence-electron chi connectivity index (χ1n) is 13.7. The van der Waals surface area contributed by atoms with Crippen molar-refractivity contribution in [3.05, 3.63) is 18.0 Å². The van der Waals surface area contributed by atoms with E-state index >= 15 is 0 Å². The van der Waals surface area contributed by atoms with Crippen LogP contribution in [-0.4, -0.2) is 9.78 Å². The van der Waals surface area contributed by atoms with Crippen LogP contribution in [0, 0.1) is 69.5 Å². The van der Waals surface area contributed by atoms with E-state index in [0.29, 0.717) is 22.3 Å². The number of nitriles is 1. The molecule has 0 amide bonds. The summed E-state index contributed by atoms with van der Waals surface area (Å²) in [5.41, 5.74) is 1.81. The summed E-state index contributed by atoms with van der Waals surface area (Å²) in [5, 5.41) is 13.6. The van der Waals surface area contributed by atoms with Gasteiger partial charge in [0.15, 0.2) is 0 Å². The Balaban J connectivity index is 1.33. The Kier molecular flexibility index (Phi) is 5.75. The van der Waals surface area contributed by atoms with Gasteiger partial charge in [0.25, 0.3) is 0 Å². The molecule has 10 unspecified atom stereocenters. The molecule has 3 nitrogen and oxygen atoms in total. The molecule has 4 aliphatic carbocycles. The van der Waals surface area contributed by atoms with Crippen LogP contribution in [0.3, 0.4) is 0 Å². The quantitative estimate of drug-likeness (QED) is 0.497. The summed E-state index contributed by atoms with van der Waals surface area (Å²) in [7, 11) is 0. The van der Waals surface area contributed by atoms with E-state index in [-0.39, 0.29) is 0 Å². The molecule has 32 heavy (non-hydrogen) atoms. The summed E-state index contributed by atoms with van der Waals surface area (Å²) in [6.45, 7) is 13.7. The van der Waals surface area contributed by atoms with E-state index in [1.54, 1.807) is 6.20 Å². The molecule has 4 aliphatic rings. The second-order valence-electron chi connectivity index (χ2n) is 13.1. The van der Waals surface area contributed by atoms with Gasteiger partial charge in [-0.15, -0.1) is 0 Å². The van der Waals surface area contributed by atoms with Gasteiger partial charge in [-0.05, 0) is 110 Å². The Bertz CT molecular complexity index is 866. The SMILES string of the molecule is CCC1CC2C3CCC4(C)C(C(C)Cn5cc(C#N)cn5)CCC4C3CCC2(C)CC1C. The molecule has 0 aliphatic heterocycles. The van der Waals surface area contributed by atoms with Gasteiger partial charge in [0.1, 0.15) is 6.07 Å². The maximum Gasteiger partial charge on any atom is 0.102 e. The fourth-order valence-corrected chi connectivity index (χ4v) is 10.1. The maximum atomic E-state index is 9.15. The maximum absolute atomic E-state index is 9.15. The predicted molar refractivity (Wildman–Crippen MR) is 130 cm³/mol. The van der Waals surface area contributed by atoms with Gasteiger partial charge in [-0.3, -0.25) is 4.68 Å². The molecule has 4 fully saturated rings. The average Bonchev–Trinajstić information content (AvgIpc) is 3.36. The zero-order valence-corrected chi connectivity index (χ0v) is 21.2. The molecule has 0 N–H and O–H groups in total. The second kappa shape index (κ2) is 8.18. The Morgan fingerprint density at radius 3 is 2.62 bits per heavy atom. The van der Waals surface area contributed by atoms with Crippen LogP contribution in [0.4, 0.5) is 0 Å². The molecule has 176 valence electrons. The fraction of sp³-hybridized carbons (Fsp3) is 0.862. The third-order valence-corrected chi connectivity index (χ3v) is 11.6. The summed E-state index contributed by atoms with van der Waals surface area (Å²) in [6.07, 6.45) is 16.8. The third kappa shape index (κ3) is 3.47. The van der Waals surface area contributed by atoms with Crippen LogP contribution in [-0.2, 0) is 6.54 Å². The van der Waals surface area contributed by atoms with Crippen molar-refractivity contribution in [1.29, 1.82) is 5.26 Å². The smallest absolute Gasteiger partial charge is 0.102 e. The van der Waals surface area contributed by atoms with E-state index in [2.05, 4.69) is 45.8 Å². The highest BCUT2D eigenvalue weighted by Gasteiger charge is 2.60. The Labute approximate surface area is 196 Å². The lowest BCUT2D eigenvalue weighted by Gasteiger charge is -2.61. The van der Waals surface area contributed by atoms with E-state index in [9.17, 15) is 0 Å². The first-order chi connectivity index (χ1) is 15.3. The number of hydrogen-bond donors (Lipinski definition) is 0. The van der Waals surface area contributed by atoms with Crippen molar-refractivity contribution < 1.29 is 0 Å². The standard InChI is InChI=1S/C29H45N3/c1-6-22-13-27-24-10-12-29(5)25(20(3)17-32-18-21(15-30)16-31-32)7-8-26(29)23(24)9-11-28(27,4)14-19(22)2/h16,18-20,22-27H,6-14,17H2,1-5H3. The molecule has 5 rings (SSSR count). The van der Waals surface area contributed by atoms with Crippen LogP contribution in [0.2, 0.25) is 0 Å². The minimum atomic E-state index is 0.506. The minimum Gasteiger partial charge on any atom is -0.271 e. The molecule has 3 heteroatoms. The number of rotatable bonds is 4. The molecule has 1 heterocycles. The molecule has 1 aromatic heterocycles. The zero-order valence-electron chi connectivity index (χ0n) is 21.2. The number of hydrogen-bond acceptors (Lipinski definition) is 2. The largest absolute Gasteiger partial charge is 0.271 e. The molecule has 1 aromatic rings. The Morgan fingerprint density at radius 1 is 1.16 bits per heavy atom. The van der Waals surface area contributed by atoms with Crippen molar-refractivity contribution in [3.8, 4) is 6.07 Å². The van der Waals surface area contributed by atoms with Gasteiger partial charge < -0.3 is 0 Å². The van der Waals surface area contributed by atoms with E-state index in [1.807, 2.05) is 10.9 Å². The lowest BCUT2D eigenvalue weighted by molar-refractivity contribution is -0.118. The van der Waals surface area contributed by atoms with Gasteiger partial charge in [0, 0.05) is 12.7 Å². The molecule has 4 saturated carbocycles. The number of aromatic nitrogens is 2. The third-order valence-electron chi connectivity index (χ3n) is 11.6. The topological polar surface area (TPSA) is 41.6 Å². The van der Waals surface area contributed by atoms with E-state index < -0.39 is 0 Å². The monoisotopic (exact) mass is 435 g/mol. The van der Waals surface area contributed by atoms with Crippen molar-refractivity contribution in [1.82, 2.24) is 9.78 Å². The van der Waals surface area contributed by atoms with Gasteiger partial charge in [-0.2, -0.15) is 10.4 Å². The van der Waals surface area contributed by atoms with E-state index in [4.69, 9.17) is 5.26 Å². The summed E-state index contributed by atoms with van der Waals surface area (Å²) in [5.74, 6) is 7.20. The van der Waals surface area contributed by atoms with Crippen LogP contribution >= 0.6 is 0 Å². The van der Waals surface area contributed by atoms with Gasteiger partial charge in [-0.25, -0.2) is 0 Å². The highest BCUT2D eigenvalue weighted by Crippen LogP contribution is 2.68. The van der Waals surface area contributed by atoms with Gasteiger partial charge in [-0.1, -0.05) is 41.0 Å². The first-order valence-corrected chi connectivity index (χ1v) is 13.7. The summed E-state index contributed by atoms with van der Waals surface area (Å²) in [4.78, 5) is 0. The van der Waals surface area contributed by atoms with Crippen LogP contribution in [0.15, 0.2) is 12.4 Å². The van der Waals surface area contributed by atoms with E-state index in [1.165, 1.54) is 57.8 Å². The number of nitrogens with zero attached hydrogens (tertiary/aromatic N) is 3. The molecular weight excluding hydrogens is 390 g/mol. The van der Waals surface area contributed by atoms with Crippen LogP contribution in [0.25, 0.3) is 0 Å². The lowest BCUT2D eigenvalue weighted by Crippen LogP contribution is -2.53. The fourth-order valence-electron chi connectivity index (χ4n) is 10.1. The first kappa shape index (κ1) is 22.5. The summed E-state index contributed by atoms with van der Waals surface area (Å²) >= 11 is 0. The highest BCUT2D eigenvalue weighted by atomic mass is 15.3. The van der Waals surface area contributed by atoms with Gasteiger partial charge in [0.05, 0.1) is 11.8 Å². The molecule has 0 radical (unpaired) electrons. The minimum absolute atomic E-state index is 0.506. The Morgan fingerprint density at radius 2 is 1.91 bits per heavy atom. The molecule has 0 spiro atoms. The highest BCUT2D eigenvalue weighted by molar-refractivity contribution is 5.21. The second-order valence-corrected chi connectivity index (χ2v) is 13.1. The predicted octanol–water partition coefficient (Wildman–Crippen LogP) is 7.32. The lowest BCUT2D eigenvalue weighted by atomic mass is 9.44. The molecular formula is C29H45N3. The number of fused-ring (bicyclic) bond motifs is 5. The van der Waals surface area contributed by atoms with Crippen LogP contribution in [0.1, 0.15) is 98.0 Å². The van der Waals surface area contributed by atoms with Crippen molar-refractivity contribution in [2.24, 2.45) is 58.2 Å². The molecule has 0 saturated heterocycles. The summed E-state index contributed by atoms with van der Waals surface area (Å²) in [6, 6.07) is 2.23. The van der Waals surface area contributed by atoms with Crippen LogP contribution < -0.4 is 0 Å². The van der Waals surface area contributed by atoms with Crippen LogP contribution in [0.5, 0.6) is 0 Å². The van der Waals surface area contributed by atoms with Crippen molar-refractivity contribution >= 4 is 0 Å². The van der Waals surface area contributed by atoms with Gasteiger partial charge in [0.2, 0.25) is 0 Å². The van der Waals surface area contributed by atoms with Crippen molar-refractivity contribution in [3.63, 3.8) is 0 Å². The Hall–Kier alpha value is -1.30. The molecule has 0 aromatic carbocycles. The molecule has 0 bridgehead atoms.